The monoisotopic (exact) mass is 174 g/mol. The number of hydrogen-bond acceptors (Lipinski definition) is 4. The minimum absolute atomic E-state index is 0.122. The fourth-order valence-electron chi connectivity index (χ4n) is 1.66. The number of nitrogens with zero attached hydrogens (tertiary/aromatic N) is 1. The molecule has 0 radical (unpaired) electrons. The second kappa shape index (κ2) is 3.37. The van der Waals surface area contributed by atoms with Crippen molar-refractivity contribution in [3.8, 4) is 0 Å². The third kappa shape index (κ3) is 1.56. The largest absolute Gasteiger partial charge is 0.389 e. The molecular formula is C7H14N2O3. The Morgan fingerprint density at radius 1 is 1.83 bits per heavy atom. The van der Waals surface area contributed by atoms with Gasteiger partial charge in [0.2, 0.25) is 5.54 Å². The Labute approximate surface area is 70.9 Å². The van der Waals surface area contributed by atoms with Crippen LogP contribution in [-0.4, -0.2) is 34.8 Å². The molecule has 1 fully saturated rings. The molecule has 1 saturated heterocycles. The summed E-state index contributed by atoms with van der Waals surface area (Å²) < 4.78 is 0. The highest BCUT2D eigenvalue weighted by Crippen LogP contribution is 2.24. The molecule has 70 valence electrons. The zero-order valence-electron chi connectivity index (χ0n) is 7.12. The molecule has 0 aromatic heterocycles. The number of piperidine rings is 1. The van der Waals surface area contributed by atoms with Crippen molar-refractivity contribution in [2.24, 2.45) is 0 Å². The van der Waals surface area contributed by atoms with Gasteiger partial charge in [-0.2, -0.15) is 0 Å². The first-order valence-electron chi connectivity index (χ1n) is 4.09. The van der Waals surface area contributed by atoms with Crippen LogP contribution in [0.2, 0.25) is 0 Å². The van der Waals surface area contributed by atoms with Crippen LogP contribution in [0.4, 0.5) is 0 Å². The van der Waals surface area contributed by atoms with Gasteiger partial charge in [0.15, 0.2) is 0 Å². The summed E-state index contributed by atoms with van der Waals surface area (Å²) in [5, 5.41) is 22.7. The lowest BCUT2D eigenvalue weighted by atomic mass is 9.86. The highest BCUT2D eigenvalue weighted by molar-refractivity contribution is 4.88. The van der Waals surface area contributed by atoms with Crippen LogP contribution in [0.25, 0.3) is 0 Å². The van der Waals surface area contributed by atoms with Gasteiger partial charge in [-0.05, 0) is 6.92 Å². The van der Waals surface area contributed by atoms with Crippen molar-refractivity contribution in [3.63, 3.8) is 0 Å². The Morgan fingerprint density at radius 3 is 2.83 bits per heavy atom. The van der Waals surface area contributed by atoms with E-state index in [1.807, 2.05) is 6.92 Å². The summed E-state index contributed by atoms with van der Waals surface area (Å²) in [5.74, 6) is 0. The maximum absolute atomic E-state index is 10.7. The average Bonchev–Trinajstić information content (AvgIpc) is 2.04. The first-order chi connectivity index (χ1) is 5.60. The molecule has 0 bridgehead atoms. The molecular weight excluding hydrogens is 160 g/mol. The standard InChI is InChI=1S/C7H14N2O3/c1-6-4-7(5-10,9(11)12)2-3-8-6/h6,8,10H,2-5H2,1H3. The first-order valence-corrected chi connectivity index (χ1v) is 4.09. The number of aliphatic hydroxyl groups excluding tert-OH is 1. The van der Waals surface area contributed by atoms with Gasteiger partial charge in [-0.25, -0.2) is 0 Å². The van der Waals surface area contributed by atoms with E-state index < -0.39 is 5.54 Å². The maximum atomic E-state index is 10.7. The molecule has 12 heavy (non-hydrogen) atoms. The summed E-state index contributed by atoms with van der Waals surface area (Å²) in [7, 11) is 0. The SMILES string of the molecule is CC1CC(CO)([N+](=O)[O-])CCN1. The van der Waals surface area contributed by atoms with Crippen molar-refractivity contribution in [1.29, 1.82) is 0 Å². The molecule has 1 aliphatic rings. The molecule has 0 spiro atoms. The third-order valence-electron chi connectivity index (χ3n) is 2.45. The number of nitrogens with one attached hydrogen (secondary N) is 1. The Bertz CT molecular complexity index is 185. The Kier molecular flexibility index (Phi) is 2.64. The Balaban J connectivity index is 2.71. The predicted octanol–water partition coefficient (Wildman–Crippen LogP) is -0.234. The van der Waals surface area contributed by atoms with E-state index in [1.54, 1.807) is 0 Å². The van der Waals surface area contributed by atoms with Gasteiger partial charge in [-0.15, -0.1) is 0 Å². The summed E-state index contributed by atoms with van der Waals surface area (Å²) >= 11 is 0. The van der Waals surface area contributed by atoms with Crippen molar-refractivity contribution in [3.05, 3.63) is 10.1 Å². The molecule has 2 N–H and O–H groups in total. The van der Waals surface area contributed by atoms with E-state index in [0.717, 1.165) is 0 Å². The lowest BCUT2D eigenvalue weighted by molar-refractivity contribution is -0.578. The summed E-state index contributed by atoms with van der Waals surface area (Å²) in [6, 6.07) is 0.122. The fraction of sp³-hybridized carbons (Fsp3) is 1.00. The van der Waals surface area contributed by atoms with E-state index in [2.05, 4.69) is 5.32 Å². The number of aliphatic hydroxyl groups is 1. The maximum Gasteiger partial charge on any atom is 0.247 e. The van der Waals surface area contributed by atoms with Crippen LogP contribution in [0.15, 0.2) is 0 Å². The second-order valence-corrected chi connectivity index (χ2v) is 3.45. The van der Waals surface area contributed by atoms with E-state index in [4.69, 9.17) is 5.11 Å². The minimum Gasteiger partial charge on any atom is -0.389 e. The van der Waals surface area contributed by atoms with Crippen LogP contribution in [0, 0.1) is 10.1 Å². The van der Waals surface area contributed by atoms with Crippen molar-refractivity contribution < 1.29 is 10.0 Å². The molecule has 1 rings (SSSR count). The molecule has 0 aliphatic carbocycles. The predicted molar refractivity (Wildman–Crippen MR) is 43.5 cm³/mol. The molecule has 5 heteroatoms. The molecule has 1 aliphatic heterocycles. The van der Waals surface area contributed by atoms with Gasteiger partial charge in [-0.3, -0.25) is 10.1 Å². The van der Waals surface area contributed by atoms with E-state index in [-0.39, 0.29) is 17.6 Å². The van der Waals surface area contributed by atoms with Crippen LogP contribution < -0.4 is 5.32 Å². The fourth-order valence-corrected chi connectivity index (χ4v) is 1.66. The van der Waals surface area contributed by atoms with Gasteiger partial charge in [-0.1, -0.05) is 0 Å². The van der Waals surface area contributed by atoms with Gasteiger partial charge < -0.3 is 10.4 Å². The summed E-state index contributed by atoms with van der Waals surface area (Å²) in [6.45, 7) is 2.15. The topological polar surface area (TPSA) is 75.4 Å². The van der Waals surface area contributed by atoms with E-state index in [9.17, 15) is 10.1 Å². The van der Waals surface area contributed by atoms with Crippen LogP contribution in [0.1, 0.15) is 19.8 Å². The van der Waals surface area contributed by atoms with E-state index in [0.29, 0.717) is 19.4 Å². The van der Waals surface area contributed by atoms with Gasteiger partial charge in [0, 0.05) is 30.4 Å². The normalized spacial score (nSPS) is 36.3. The molecule has 5 nitrogen and oxygen atoms in total. The molecule has 1 heterocycles. The van der Waals surface area contributed by atoms with Gasteiger partial charge in [0.25, 0.3) is 0 Å². The van der Waals surface area contributed by atoms with Crippen molar-refractivity contribution >= 4 is 0 Å². The lowest BCUT2D eigenvalue weighted by Gasteiger charge is -2.31. The summed E-state index contributed by atoms with van der Waals surface area (Å²) in [4.78, 5) is 10.3. The highest BCUT2D eigenvalue weighted by Gasteiger charge is 2.45. The van der Waals surface area contributed by atoms with Crippen LogP contribution in [0.3, 0.4) is 0 Å². The molecule has 2 atom stereocenters. The Hall–Kier alpha value is -0.680. The van der Waals surface area contributed by atoms with Crippen LogP contribution in [0.5, 0.6) is 0 Å². The van der Waals surface area contributed by atoms with Crippen molar-refractivity contribution in [1.82, 2.24) is 5.32 Å². The summed E-state index contributed by atoms with van der Waals surface area (Å²) in [5.41, 5.74) is -1.09. The highest BCUT2D eigenvalue weighted by atomic mass is 16.6. The van der Waals surface area contributed by atoms with Gasteiger partial charge >= 0.3 is 0 Å². The number of nitro groups is 1. The number of rotatable bonds is 2. The third-order valence-corrected chi connectivity index (χ3v) is 2.45. The van der Waals surface area contributed by atoms with E-state index in [1.165, 1.54) is 0 Å². The second-order valence-electron chi connectivity index (χ2n) is 3.45. The first kappa shape index (κ1) is 9.41. The smallest absolute Gasteiger partial charge is 0.247 e. The zero-order valence-corrected chi connectivity index (χ0v) is 7.12. The van der Waals surface area contributed by atoms with E-state index >= 15 is 0 Å². The van der Waals surface area contributed by atoms with Gasteiger partial charge in [0.1, 0.15) is 6.61 Å². The Morgan fingerprint density at radius 2 is 2.50 bits per heavy atom. The van der Waals surface area contributed by atoms with Crippen LogP contribution >= 0.6 is 0 Å². The molecule has 2 unspecified atom stereocenters. The van der Waals surface area contributed by atoms with Crippen molar-refractivity contribution in [2.45, 2.75) is 31.3 Å². The van der Waals surface area contributed by atoms with Crippen molar-refractivity contribution in [2.75, 3.05) is 13.2 Å². The van der Waals surface area contributed by atoms with Crippen LogP contribution in [-0.2, 0) is 0 Å². The quantitative estimate of drug-likeness (QED) is 0.447. The minimum atomic E-state index is -1.09. The summed E-state index contributed by atoms with van der Waals surface area (Å²) in [6.07, 6.45) is 0.831. The number of hydrogen-bond donors (Lipinski definition) is 2. The average molecular weight is 174 g/mol. The molecule has 0 saturated carbocycles. The zero-order chi connectivity index (χ0) is 9.19. The molecule has 0 aromatic rings. The lowest BCUT2D eigenvalue weighted by Crippen LogP contribution is -2.53. The molecule has 0 aromatic carbocycles. The molecule has 0 amide bonds. The van der Waals surface area contributed by atoms with Gasteiger partial charge in [0.05, 0.1) is 0 Å².